The summed E-state index contributed by atoms with van der Waals surface area (Å²) in [6.07, 6.45) is 8.00. The molecule has 0 spiro atoms. The monoisotopic (exact) mass is 180 g/mol. The fourth-order valence-corrected chi connectivity index (χ4v) is 1.09. The number of hydrogen-bond donors (Lipinski definition) is 1. The summed E-state index contributed by atoms with van der Waals surface area (Å²) in [5.74, 6) is 0. The Morgan fingerprint density at radius 1 is 1.27 bits per heavy atom. The summed E-state index contributed by atoms with van der Waals surface area (Å²) in [7, 11) is -3.69. The van der Waals surface area contributed by atoms with E-state index in [-0.39, 0.29) is 13.2 Å². The fraction of sp³-hybridized carbons (Fsp3) is 0.667. The molecule has 0 heterocycles. The summed E-state index contributed by atoms with van der Waals surface area (Å²) < 4.78 is 19.2. The van der Waals surface area contributed by atoms with Gasteiger partial charge in [0.15, 0.2) is 0 Å². The summed E-state index contributed by atoms with van der Waals surface area (Å²) >= 11 is 0. The number of phosphoric acid groups is 1. The van der Waals surface area contributed by atoms with Gasteiger partial charge in [0.05, 0.1) is 13.2 Å². The minimum atomic E-state index is -3.69. The van der Waals surface area contributed by atoms with Crippen molar-refractivity contribution in [2.75, 3.05) is 13.2 Å². The zero-order valence-electron chi connectivity index (χ0n) is 6.69. The average molecular weight is 180 g/mol. The standard InChI is InChI=1S/C4H11O4P.C2H2/c1-3-7-9(5,6)8-4-2;1-2/h3-4H2,1-2H3,(H,5,6);1-2H. The van der Waals surface area contributed by atoms with Gasteiger partial charge in [-0.2, -0.15) is 0 Å². The summed E-state index contributed by atoms with van der Waals surface area (Å²) in [6, 6.07) is 0. The molecule has 0 radical (unpaired) electrons. The van der Waals surface area contributed by atoms with E-state index in [2.05, 4.69) is 21.9 Å². The number of hydrogen-bond acceptors (Lipinski definition) is 3. The van der Waals surface area contributed by atoms with Gasteiger partial charge >= 0.3 is 7.82 Å². The highest BCUT2D eigenvalue weighted by Gasteiger charge is 2.17. The molecule has 0 aromatic carbocycles. The highest BCUT2D eigenvalue weighted by atomic mass is 31.2. The first-order valence-electron chi connectivity index (χ1n) is 3.07. The molecule has 0 fully saturated rings. The number of phosphoric ester groups is 1. The topological polar surface area (TPSA) is 55.8 Å². The van der Waals surface area contributed by atoms with E-state index in [4.69, 9.17) is 4.89 Å². The van der Waals surface area contributed by atoms with Crippen LogP contribution in [-0.2, 0) is 13.6 Å². The van der Waals surface area contributed by atoms with Gasteiger partial charge < -0.3 is 4.89 Å². The Bertz CT molecular complexity index is 133. The van der Waals surface area contributed by atoms with Crippen molar-refractivity contribution in [2.45, 2.75) is 13.8 Å². The van der Waals surface area contributed by atoms with E-state index in [0.717, 1.165) is 0 Å². The smallest absolute Gasteiger partial charge is 0.302 e. The number of terminal acetylenes is 1. The third-order valence-electron chi connectivity index (χ3n) is 0.584. The van der Waals surface area contributed by atoms with Crippen LogP contribution in [0.3, 0.4) is 0 Å². The van der Waals surface area contributed by atoms with Crippen molar-refractivity contribution < 1.29 is 18.5 Å². The van der Waals surface area contributed by atoms with Crippen molar-refractivity contribution in [1.29, 1.82) is 0 Å². The highest BCUT2D eigenvalue weighted by Crippen LogP contribution is 2.42. The minimum absolute atomic E-state index is 0.188. The molecular formula is C6H13O4P. The van der Waals surface area contributed by atoms with Crippen LogP contribution >= 0.6 is 7.82 Å². The molecule has 0 aliphatic heterocycles. The van der Waals surface area contributed by atoms with Gasteiger partial charge in [-0.1, -0.05) is 0 Å². The van der Waals surface area contributed by atoms with Gasteiger partial charge in [0.1, 0.15) is 0 Å². The molecule has 0 atom stereocenters. The van der Waals surface area contributed by atoms with Gasteiger partial charge in [-0.05, 0) is 13.8 Å². The second-order valence-corrected chi connectivity index (χ2v) is 2.76. The predicted molar refractivity (Wildman–Crippen MR) is 43.0 cm³/mol. The molecular weight excluding hydrogens is 167 g/mol. The molecule has 0 aromatic rings. The molecule has 0 saturated heterocycles. The van der Waals surface area contributed by atoms with E-state index in [1.54, 1.807) is 13.8 Å². The minimum Gasteiger partial charge on any atom is -0.302 e. The lowest BCUT2D eigenvalue weighted by Crippen LogP contribution is -1.93. The Balaban J connectivity index is 0. The molecule has 0 saturated carbocycles. The largest absolute Gasteiger partial charge is 0.472 e. The molecule has 66 valence electrons. The van der Waals surface area contributed by atoms with Gasteiger partial charge in [0, 0.05) is 0 Å². The first-order chi connectivity index (χ1) is 5.12. The molecule has 0 unspecified atom stereocenters. The van der Waals surface area contributed by atoms with Gasteiger partial charge in [-0.3, -0.25) is 9.05 Å². The summed E-state index contributed by atoms with van der Waals surface area (Å²) in [5.41, 5.74) is 0. The van der Waals surface area contributed by atoms with Crippen molar-refractivity contribution in [3.8, 4) is 12.8 Å². The Kier molecular flexibility index (Phi) is 9.38. The van der Waals surface area contributed by atoms with Gasteiger partial charge in [0.25, 0.3) is 0 Å². The van der Waals surface area contributed by atoms with Crippen molar-refractivity contribution >= 4 is 7.82 Å². The van der Waals surface area contributed by atoms with Crippen LogP contribution in [0.2, 0.25) is 0 Å². The molecule has 0 bridgehead atoms. The molecule has 0 aliphatic rings. The van der Waals surface area contributed by atoms with Crippen LogP contribution in [0.1, 0.15) is 13.8 Å². The summed E-state index contributed by atoms with van der Waals surface area (Å²) in [4.78, 5) is 8.63. The van der Waals surface area contributed by atoms with Crippen LogP contribution in [0.25, 0.3) is 0 Å². The lowest BCUT2D eigenvalue weighted by atomic mass is 10.9. The maximum absolute atomic E-state index is 10.5. The molecule has 5 heteroatoms. The molecule has 0 aliphatic carbocycles. The highest BCUT2D eigenvalue weighted by molar-refractivity contribution is 7.47. The first-order valence-corrected chi connectivity index (χ1v) is 4.57. The van der Waals surface area contributed by atoms with E-state index in [0.29, 0.717) is 0 Å². The Morgan fingerprint density at radius 3 is 1.73 bits per heavy atom. The van der Waals surface area contributed by atoms with Crippen molar-refractivity contribution in [3.05, 3.63) is 0 Å². The van der Waals surface area contributed by atoms with Crippen molar-refractivity contribution in [2.24, 2.45) is 0 Å². The third-order valence-corrected chi connectivity index (χ3v) is 1.75. The van der Waals surface area contributed by atoms with Crippen molar-refractivity contribution in [1.82, 2.24) is 0 Å². The maximum atomic E-state index is 10.5. The fourth-order valence-electron chi connectivity index (χ4n) is 0.364. The van der Waals surface area contributed by atoms with E-state index in [1.807, 2.05) is 0 Å². The zero-order valence-corrected chi connectivity index (χ0v) is 7.58. The molecule has 0 amide bonds. The van der Waals surface area contributed by atoms with Gasteiger partial charge in [-0.25, -0.2) is 4.57 Å². The first kappa shape index (κ1) is 13.3. The Hall–Kier alpha value is -0.330. The van der Waals surface area contributed by atoms with Crippen LogP contribution in [0.4, 0.5) is 0 Å². The van der Waals surface area contributed by atoms with Gasteiger partial charge in [0.2, 0.25) is 0 Å². The molecule has 0 rings (SSSR count). The van der Waals surface area contributed by atoms with E-state index < -0.39 is 7.82 Å². The Labute approximate surface area is 67.1 Å². The Morgan fingerprint density at radius 2 is 1.55 bits per heavy atom. The van der Waals surface area contributed by atoms with E-state index in [9.17, 15) is 4.57 Å². The van der Waals surface area contributed by atoms with Crippen LogP contribution in [-0.4, -0.2) is 18.1 Å². The normalized spacial score (nSPS) is 9.91. The maximum Gasteiger partial charge on any atom is 0.472 e. The van der Waals surface area contributed by atoms with Crippen molar-refractivity contribution in [3.63, 3.8) is 0 Å². The molecule has 0 aromatic heterocycles. The average Bonchev–Trinajstić information content (AvgIpc) is 1.91. The third kappa shape index (κ3) is 9.67. The second-order valence-electron chi connectivity index (χ2n) is 1.30. The van der Waals surface area contributed by atoms with Crippen LogP contribution < -0.4 is 0 Å². The SMILES string of the molecule is C#C.CCOP(=O)(O)OCC. The zero-order chi connectivity index (χ0) is 9.33. The van der Waals surface area contributed by atoms with E-state index in [1.165, 1.54) is 0 Å². The predicted octanol–water partition coefficient (Wildman–Crippen LogP) is 1.41. The molecule has 4 nitrogen and oxygen atoms in total. The quantitative estimate of drug-likeness (QED) is 0.525. The lowest BCUT2D eigenvalue weighted by molar-refractivity contribution is 0.161. The second kappa shape index (κ2) is 7.77. The van der Waals surface area contributed by atoms with Crippen LogP contribution in [0.5, 0.6) is 0 Å². The lowest BCUT2D eigenvalue weighted by Gasteiger charge is -2.07. The molecule has 1 N–H and O–H groups in total. The van der Waals surface area contributed by atoms with Crippen LogP contribution in [0.15, 0.2) is 0 Å². The molecule has 11 heavy (non-hydrogen) atoms. The van der Waals surface area contributed by atoms with E-state index >= 15 is 0 Å². The van der Waals surface area contributed by atoms with Crippen LogP contribution in [0, 0.1) is 12.8 Å². The summed E-state index contributed by atoms with van der Waals surface area (Å²) in [6.45, 7) is 3.63. The number of rotatable bonds is 4. The van der Waals surface area contributed by atoms with Gasteiger partial charge in [-0.15, -0.1) is 12.8 Å². The summed E-state index contributed by atoms with van der Waals surface area (Å²) in [5, 5.41) is 0.